The maximum atomic E-state index is 11.8. The highest BCUT2D eigenvalue weighted by Gasteiger charge is 2.31. The molecule has 1 heterocycles. The van der Waals surface area contributed by atoms with Gasteiger partial charge in [0.25, 0.3) is 0 Å². The van der Waals surface area contributed by atoms with Crippen molar-refractivity contribution in [2.24, 2.45) is 5.73 Å². The van der Waals surface area contributed by atoms with Gasteiger partial charge in [-0.1, -0.05) is 6.92 Å². The second-order valence-electron chi connectivity index (χ2n) is 4.47. The Balaban J connectivity index is 2.38. The van der Waals surface area contributed by atoms with Gasteiger partial charge in [-0.2, -0.15) is 0 Å². The number of urea groups is 1. The van der Waals surface area contributed by atoms with E-state index in [1.165, 1.54) is 0 Å². The summed E-state index contributed by atoms with van der Waals surface area (Å²) in [6.07, 6.45) is 2.90. The molecule has 0 aromatic heterocycles. The minimum Gasteiger partial charge on any atom is -0.383 e. The zero-order chi connectivity index (χ0) is 12.0. The lowest BCUT2D eigenvalue weighted by molar-refractivity contribution is 0.144. The molecule has 0 aromatic rings. The second-order valence-corrected chi connectivity index (χ2v) is 4.47. The highest BCUT2D eigenvalue weighted by Crippen LogP contribution is 2.21. The number of ether oxygens (including phenoxy) is 1. The van der Waals surface area contributed by atoms with E-state index in [2.05, 4.69) is 12.2 Å². The third kappa shape index (κ3) is 3.64. The molecule has 5 heteroatoms. The third-order valence-corrected chi connectivity index (χ3v) is 3.18. The molecule has 1 saturated heterocycles. The molecule has 0 aliphatic carbocycles. The molecule has 16 heavy (non-hydrogen) atoms. The summed E-state index contributed by atoms with van der Waals surface area (Å²) in [5.74, 6) is 0. The largest absolute Gasteiger partial charge is 0.383 e. The Morgan fingerprint density at radius 2 is 2.38 bits per heavy atom. The average molecular weight is 229 g/mol. The molecule has 0 aromatic carbocycles. The van der Waals surface area contributed by atoms with Crippen LogP contribution in [0.15, 0.2) is 0 Å². The zero-order valence-corrected chi connectivity index (χ0v) is 10.3. The molecule has 0 bridgehead atoms. The second kappa shape index (κ2) is 6.06. The standard InChI is InChI=1S/C11H23N3O2/c1-3-11(12)5-4-7-14(9-11)10(15)13-6-8-16-2/h3-9,12H2,1-2H3,(H,13,15). The summed E-state index contributed by atoms with van der Waals surface area (Å²) in [5.41, 5.74) is 6.00. The molecule has 0 saturated carbocycles. The number of rotatable bonds is 4. The van der Waals surface area contributed by atoms with Gasteiger partial charge in [0.2, 0.25) is 0 Å². The van der Waals surface area contributed by atoms with Crippen LogP contribution in [0.25, 0.3) is 0 Å². The third-order valence-electron chi connectivity index (χ3n) is 3.18. The number of likely N-dealkylation sites (tertiary alicyclic amines) is 1. The summed E-state index contributed by atoms with van der Waals surface area (Å²) in [4.78, 5) is 13.6. The Morgan fingerprint density at radius 3 is 3.00 bits per heavy atom. The SMILES string of the molecule is CCC1(N)CCCN(C(=O)NCCOC)C1. The number of methoxy groups -OCH3 is 1. The average Bonchev–Trinajstić information content (AvgIpc) is 2.29. The van der Waals surface area contributed by atoms with Gasteiger partial charge in [-0.25, -0.2) is 4.79 Å². The lowest BCUT2D eigenvalue weighted by Gasteiger charge is -2.39. The highest BCUT2D eigenvalue weighted by molar-refractivity contribution is 5.74. The monoisotopic (exact) mass is 229 g/mol. The predicted octanol–water partition coefficient (Wildman–Crippen LogP) is 0.546. The zero-order valence-electron chi connectivity index (χ0n) is 10.3. The van der Waals surface area contributed by atoms with Gasteiger partial charge < -0.3 is 20.7 Å². The fourth-order valence-electron chi connectivity index (χ4n) is 1.99. The van der Waals surface area contributed by atoms with Gasteiger partial charge in [0.15, 0.2) is 0 Å². The van der Waals surface area contributed by atoms with E-state index < -0.39 is 0 Å². The van der Waals surface area contributed by atoms with Crippen molar-refractivity contribution in [2.75, 3.05) is 33.4 Å². The molecular weight excluding hydrogens is 206 g/mol. The maximum Gasteiger partial charge on any atom is 0.317 e. The maximum absolute atomic E-state index is 11.8. The van der Waals surface area contributed by atoms with E-state index in [1.54, 1.807) is 7.11 Å². The van der Waals surface area contributed by atoms with Crippen molar-refractivity contribution >= 4 is 6.03 Å². The molecule has 5 nitrogen and oxygen atoms in total. The van der Waals surface area contributed by atoms with Crippen LogP contribution in [0.3, 0.4) is 0 Å². The van der Waals surface area contributed by atoms with Crippen molar-refractivity contribution in [3.05, 3.63) is 0 Å². The number of piperidine rings is 1. The number of carbonyl (C=O) groups is 1. The molecule has 1 unspecified atom stereocenters. The van der Waals surface area contributed by atoms with Crippen LogP contribution in [0.4, 0.5) is 4.79 Å². The summed E-state index contributed by atoms with van der Waals surface area (Å²) in [5, 5.41) is 2.82. The molecule has 3 N–H and O–H groups in total. The Morgan fingerprint density at radius 1 is 1.62 bits per heavy atom. The van der Waals surface area contributed by atoms with Gasteiger partial charge in [0.1, 0.15) is 0 Å². The van der Waals surface area contributed by atoms with E-state index in [-0.39, 0.29) is 11.6 Å². The van der Waals surface area contributed by atoms with Crippen LogP contribution in [0.5, 0.6) is 0 Å². The van der Waals surface area contributed by atoms with Crippen molar-refractivity contribution in [1.82, 2.24) is 10.2 Å². The number of nitrogens with two attached hydrogens (primary N) is 1. The number of hydrogen-bond donors (Lipinski definition) is 2. The molecule has 94 valence electrons. The number of nitrogens with zero attached hydrogens (tertiary/aromatic N) is 1. The molecule has 2 amide bonds. The normalized spacial score (nSPS) is 25.6. The van der Waals surface area contributed by atoms with Gasteiger partial charge in [-0.3, -0.25) is 0 Å². The van der Waals surface area contributed by atoms with Crippen LogP contribution in [-0.2, 0) is 4.74 Å². The van der Waals surface area contributed by atoms with Crippen molar-refractivity contribution in [3.63, 3.8) is 0 Å². The molecule has 1 aliphatic rings. The highest BCUT2D eigenvalue weighted by atomic mass is 16.5. The summed E-state index contributed by atoms with van der Waals surface area (Å²) in [7, 11) is 1.62. The van der Waals surface area contributed by atoms with Gasteiger partial charge in [0.05, 0.1) is 6.61 Å². The number of hydrogen-bond acceptors (Lipinski definition) is 3. The van der Waals surface area contributed by atoms with Crippen molar-refractivity contribution in [2.45, 2.75) is 31.7 Å². The molecular formula is C11H23N3O2. The van der Waals surface area contributed by atoms with Crippen LogP contribution < -0.4 is 11.1 Å². The van der Waals surface area contributed by atoms with Gasteiger partial charge in [0, 0.05) is 32.3 Å². The minimum absolute atomic E-state index is 0.0278. The first-order valence-electron chi connectivity index (χ1n) is 5.92. The fourth-order valence-corrected chi connectivity index (χ4v) is 1.99. The minimum atomic E-state index is -0.198. The molecule has 1 atom stereocenters. The topological polar surface area (TPSA) is 67.6 Å². The Bertz CT molecular complexity index is 235. The Kier molecular flexibility index (Phi) is 5.02. The van der Waals surface area contributed by atoms with E-state index in [1.807, 2.05) is 4.90 Å². The quantitative estimate of drug-likeness (QED) is 0.692. The van der Waals surface area contributed by atoms with Crippen molar-refractivity contribution in [3.8, 4) is 0 Å². The van der Waals surface area contributed by atoms with Gasteiger partial charge >= 0.3 is 6.03 Å². The van der Waals surface area contributed by atoms with Gasteiger partial charge in [-0.15, -0.1) is 0 Å². The van der Waals surface area contributed by atoms with E-state index in [0.717, 1.165) is 25.8 Å². The van der Waals surface area contributed by atoms with E-state index in [4.69, 9.17) is 10.5 Å². The van der Waals surface area contributed by atoms with Crippen LogP contribution in [-0.4, -0.2) is 49.8 Å². The first-order chi connectivity index (χ1) is 7.61. The number of amides is 2. The lowest BCUT2D eigenvalue weighted by Crippen LogP contribution is -2.57. The first kappa shape index (κ1) is 13.3. The summed E-state index contributed by atoms with van der Waals surface area (Å²) < 4.78 is 4.88. The van der Waals surface area contributed by atoms with E-state index >= 15 is 0 Å². The lowest BCUT2D eigenvalue weighted by atomic mass is 9.88. The van der Waals surface area contributed by atoms with Crippen molar-refractivity contribution in [1.29, 1.82) is 0 Å². The molecule has 1 aliphatic heterocycles. The fraction of sp³-hybridized carbons (Fsp3) is 0.909. The number of nitrogens with one attached hydrogen (secondary N) is 1. The molecule has 1 rings (SSSR count). The van der Waals surface area contributed by atoms with Crippen LogP contribution in [0, 0.1) is 0 Å². The molecule has 0 spiro atoms. The summed E-state index contributed by atoms with van der Waals surface area (Å²) in [6.45, 7) is 4.63. The first-order valence-corrected chi connectivity index (χ1v) is 5.92. The van der Waals surface area contributed by atoms with E-state index in [0.29, 0.717) is 19.7 Å². The molecule has 1 fully saturated rings. The summed E-state index contributed by atoms with van der Waals surface area (Å²) in [6, 6.07) is -0.0278. The van der Waals surface area contributed by atoms with Crippen LogP contribution in [0.2, 0.25) is 0 Å². The van der Waals surface area contributed by atoms with Crippen LogP contribution >= 0.6 is 0 Å². The smallest absolute Gasteiger partial charge is 0.317 e. The van der Waals surface area contributed by atoms with Crippen molar-refractivity contribution < 1.29 is 9.53 Å². The predicted molar refractivity (Wildman–Crippen MR) is 63.3 cm³/mol. The van der Waals surface area contributed by atoms with Gasteiger partial charge in [-0.05, 0) is 19.3 Å². The van der Waals surface area contributed by atoms with E-state index in [9.17, 15) is 4.79 Å². The Hall–Kier alpha value is -0.810. The Labute approximate surface area is 97.3 Å². The molecule has 0 radical (unpaired) electrons. The number of carbonyl (C=O) groups excluding carboxylic acids is 1. The summed E-state index contributed by atoms with van der Waals surface area (Å²) >= 11 is 0. The van der Waals surface area contributed by atoms with Crippen LogP contribution in [0.1, 0.15) is 26.2 Å².